The zero-order valence-corrected chi connectivity index (χ0v) is 14.6. The van der Waals surface area contributed by atoms with E-state index in [0.717, 1.165) is 12.1 Å². The first-order valence-corrected chi connectivity index (χ1v) is 7.98. The van der Waals surface area contributed by atoms with Gasteiger partial charge in [-0.3, -0.25) is 9.59 Å². The normalized spacial score (nSPS) is 11.1. The number of ether oxygens (including phenoxy) is 1. The van der Waals surface area contributed by atoms with E-state index in [1.807, 2.05) is 0 Å². The molecule has 0 atom stereocenters. The summed E-state index contributed by atoms with van der Waals surface area (Å²) in [4.78, 5) is 23.5. The molecule has 4 nitrogen and oxygen atoms in total. The molecule has 26 heavy (non-hydrogen) atoms. The third-order valence-corrected chi connectivity index (χ3v) is 3.85. The summed E-state index contributed by atoms with van der Waals surface area (Å²) in [6, 6.07) is 8.74. The van der Waals surface area contributed by atoms with Gasteiger partial charge in [0.25, 0.3) is 5.91 Å². The standard InChI is InChI=1S/C17H12Cl2F3NO3/c18-12-2-1-3-13(19)16(12)23-14(24)9-26-15(25)8-10-4-6-11(7-5-10)17(20,21)22/h1-7H,8-9H2,(H,23,24). The van der Waals surface area contributed by atoms with Crippen molar-refractivity contribution in [2.75, 3.05) is 11.9 Å². The van der Waals surface area contributed by atoms with Gasteiger partial charge in [0.05, 0.1) is 27.7 Å². The van der Waals surface area contributed by atoms with Crippen LogP contribution in [0.25, 0.3) is 0 Å². The Morgan fingerprint density at radius 3 is 2.12 bits per heavy atom. The third-order valence-electron chi connectivity index (χ3n) is 3.22. The highest BCUT2D eigenvalue weighted by Gasteiger charge is 2.30. The minimum absolute atomic E-state index is 0.194. The van der Waals surface area contributed by atoms with E-state index in [4.69, 9.17) is 27.9 Å². The second-order valence-corrected chi connectivity index (χ2v) is 5.99. The van der Waals surface area contributed by atoms with Crippen molar-refractivity contribution in [3.05, 3.63) is 63.6 Å². The Kier molecular flexibility index (Phi) is 6.50. The molecule has 2 aromatic rings. The molecule has 0 heterocycles. The molecule has 0 aromatic heterocycles. The van der Waals surface area contributed by atoms with Crippen molar-refractivity contribution < 1.29 is 27.5 Å². The van der Waals surface area contributed by atoms with E-state index in [2.05, 4.69) is 5.32 Å². The lowest BCUT2D eigenvalue weighted by molar-refractivity contribution is -0.146. The summed E-state index contributed by atoms with van der Waals surface area (Å²) in [5, 5.41) is 2.86. The van der Waals surface area contributed by atoms with Crippen molar-refractivity contribution >= 4 is 40.8 Å². The first kappa shape index (κ1) is 20.1. The van der Waals surface area contributed by atoms with Crippen LogP contribution in [0.5, 0.6) is 0 Å². The second-order valence-electron chi connectivity index (χ2n) is 5.18. The van der Waals surface area contributed by atoms with Gasteiger partial charge < -0.3 is 10.1 Å². The maximum atomic E-state index is 12.5. The van der Waals surface area contributed by atoms with Gasteiger partial charge in [0.1, 0.15) is 0 Å². The molecule has 0 saturated carbocycles. The van der Waals surface area contributed by atoms with E-state index >= 15 is 0 Å². The van der Waals surface area contributed by atoms with Gasteiger partial charge in [0, 0.05) is 0 Å². The van der Waals surface area contributed by atoms with Crippen LogP contribution < -0.4 is 5.32 Å². The van der Waals surface area contributed by atoms with Crippen LogP contribution in [-0.2, 0) is 26.9 Å². The molecule has 0 bridgehead atoms. The Labute approximate surface area is 156 Å². The maximum Gasteiger partial charge on any atom is 0.416 e. The average Bonchev–Trinajstić information content (AvgIpc) is 2.56. The first-order chi connectivity index (χ1) is 12.2. The number of alkyl halides is 3. The quantitative estimate of drug-likeness (QED) is 0.731. The van der Waals surface area contributed by atoms with Crippen molar-refractivity contribution in [1.29, 1.82) is 0 Å². The number of halogens is 5. The van der Waals surface area contributed by atoms with Crippen LogP contribution in [0.4, 0.5) is 18.9 Å². The molecule has 0 fully saturated rings. The minimum atomic E-state index is -4.45. The number of para-hydroxylation sites is 1. The predicted octanol–water partition coefficient (Wildman–Crippen LogP) is 4.74. The molecule has 138 valence electrons. The van der Waals surface area contributed by atoms with Crippen molar-refractivity contribution in [2.24, 2.45) is 0 Å². The van der Waals surface area contributed by atoms with Crippen LogP contribution in [0.1, 0.15) is 11.1 Å². The van der Waals surface area contributed by atoms with Gasteiger partial charge in [-0.25, -0.2) is 0 Å². The fraction of sp³-hybridized carbons (Fsp3) is 0.176. The molecule has 0 saturated heterocycles. The summed E-state index contributed by atoms with van der Waals surface area (Å²) in [5.41, 5.74) is -0.289. The van der Waals surface area contributed by atoms with Gasteiger partial charge in [0.2, 0.25) is 0 Å². The fourth-order valence-corrected chi connectivity index (χ4v) is 2.46. The topological polar surface area (TPSA) is 55.4 Å². The first-order valence-electron chi connectivity index (χ1n) is 7.22. The number of amides is 1. The Hall–Kier alpha value is -2.25. The molecule has 2 rings (SSSR count). The van der Waals surface area contributed by atoms with E-state index in [1.165, 1.54) is 24.3 Å². The van der Waals surface area contributed by atoms with Crippen LogP contribution in [0, 0.1) is 0 Å². The summed E-state index contributed by atoms with van der Waals surface area (Å²) in [6.45, 7) is -0.582. The summed E-state index contributed by atoms with van der Waals surface area (Å²) in [5.74, 6) is -1.41. The number of rotatable bonds is 5. The molecule has 0 aliphatic rings. The molecule has 9 heteroatoms. The zero-order chi connectivity index (χ0) is 19.3. The van der Waals surface area contributed by atoms with E-state index in [0.29, 0.717) is 5.56 Å². The zero-order valence-electron chi connectivity index (χ0n) is 13.1. The number of hydrogen-bond acceptors (Lipinski definition) is 3. The van der Waals surface area contributed by atoms with Crippen LogP contribution in [-0.4, -0.2) is 18.5 Å². The minimum Gasteiger partial charge on any atom is -0.455 e. The number of benzene rings is 2. The number of anilines is 1. The van der Waals surface area contributed by atoms with E-state index in [-0.39, 0.29) is 22.2 Å². The molecule has 0 aliphatic heterocycles. The molecule has 0 unspecified atom stereocenters. The van der Waals surface area contributed by atoms with Gasteiger partial charge in [-0.15, -0.1) is 0 Å². The smallest absolute Gasteiger partial charge is 0.416 e. The van der Waals surface area contributed by atoms with Gasteiger partial charge in [-0.1, -0.05) is 41.4 Å². The molecule has 0 spiro atoms. The average molecular weight is 406 g/mol. The Morgan fingerprint density at radius 1 is 1.00 bits per heavy atom. The van der Waals surface area contributed by atoms with Gasteiger partial charge >= 0.3 is 12.1 Å². The predicted molar refractivity (Wildman–Crippen MR) is 91.2 cm³/mol. The number of carbonyl (C=O) groups is 2. The monoisotopic (exact) mass is 405 g/mol. The molecule has 2 aromatic carbocycles. The van der Waals surface area contributed by atoms with Crippen molar-refractivity contribution in [3.8, 4) is 0 Å². The summed E-state index contributed by atoms with van der Waals surface area (Å²) in [7, 11) is 0. The van der Waals surface area contributed by atoms with Gasteiger partial charge in [-0.05, 0) is 29.8 Å². The number of hydrogen-bond donors (Lipinski definition) is 1. The lowest BCUT2D eigenvalue weighted by Gasteiger charge is -2.10. The van der Waals surface area contributed by atoms with Crippen molar-refractivity contribution in [2.45, 2.75) is 12.6 Å². The molecular weight excluding hydrogens is 394 g/mol. The number of esters is 1. The Bertz CT molecular complexity index is 788. The summed E-state index contributed by atoms with van der Waals surface area (Å²) in [6.07, 6.45) is -4.71. The van der Waals surface area contributed by atoms with E-state index in [1.54, 1.807) is 6.07 Å². The van der Waals surface area contributed by atoms with E-state index in [9.17, 15) is 22.8 Å². The SMILES string of the molecule is O=C(COC(=O)Cc1ccc(C(F)(F)F)cc1)Nc1c(Cl)cccc1Cl. The lowest BCUT2D eigenvalue weighted by Crippen LogP contribution is -2.22. The van der Waals surface area contributed by atoms with Crippen LogP contribution in [0.15, 0.2) is 42.5 Å². The second kappa shape index (κ2) is 8.42. The van der Waals surface area contributed by atoms with Crippen molar-refractivity contribution in [3.63, 3.8) is 0 Å². The Morgan fingerprint density at radius 2 is 1.58 bits per heavy atom. The fourth-order valence-electron chi connectivity index (χ4n) is 1.97. The maximum absolute atomic E-state index is 12.5. The lowest BCUT2D eigenvalue weighted by atomic mass is 10.1. The largest absolute Gasteiger partial charge is 0.455 e. The van der Waals surface area contributed by atoms with Gasteiger partial charge in [0.15, 0.2) is 6.61 Å². The summed E-state index contributed by atoms with van der Waals surface area (Å²) < 4.78 is 42.2. The highest BCUT2D eigenvalue weighted by molar-refractivity contribution is 6.39. The molecule has 0 aliphatic carbocycles. The third kappa shape index (κ3) is 5.64. The Balaban J connectivity index is 1.86. The van der Waals surface area contributed by atoms with E-state index < -0.39 is 30.2 Å². The summed E-state index contributed by atoms with van der Waals surface area (Å²) >= 11 is 11.8. The number of nitrogens with one attached hydrogen (secondary N) is 1. The molecular formula is C17H12Cl2F3NO3. The highest BCUT2D eigenvalue weighted by atomic mass is 35.5. The van der Waals surface area contributed by atoms with Gasteiger partial charge in [-0.2, -0.15) is 13.2 Å². The molecule has 0 radical (unpaired) electrons. The van der Waals surface area contributed by atoms with Crippen LogP contribution in [0.2, 0.25) is 10.0 Å². The highest BCUT2D eigenvalue weighted by Crippen LogP contribution is 2.30. The van der Waals surface area contributed by atoms with Crippen LogP contribution in [0.3, 0.4) is 0 Å². The number of carbonyl (C=O) groups excluding carboxylic acids is 2. The van der Waals surface area contributed by atoms with Crippen LogP contribution >= 0.6 is 23.2 Å². The van der Waals surface area contributed by atoms with Crippen molar-refractivity contribution in [1.82, 2.24) is 0 Å². The molecule has 1 amide bonds. The molecule has 1 N–H and O–H groups in total.